The first-order valence-corrected chi connectivity index (χ1v) is 6.66. The quantitative estimate of drug-likeness (QED) is 0.652. The summed E-state index contributed by atoms with van der Waals surface area (Å²) in [6, 6.07) is 12.0. The fourth-order valence-corrected chi connectivity index (χ4v) is 2.29. The van der Waals surface area contributed by atoms with Crippen LogP contribution in [0.15, 0.2) is 54.9 Å². The number of hydrogen-bond acceptors (Lipinski definition) is 1. The van der Waals surface area contributed by atoms with Crippen molar-refractivity contribution in [3.8, 4) is 16.8 Å². The number of nitrogens with zero attached hydrogens (tertiary/aromatic N) is 2. The molecule has 0 amide bonds. The molecule has 0 bridgehead atoms. The molecule has 3 rings (SSSR count). The summed E-state index contributed by atoms with van der Waals surface area (Å²) in [5.74, 6) is -0.473. The lowest BCUT2D eigenvalue weighted by Gasteiger charge is -2.02. The highest BCUT2D eigenvalue weighted by Crippen LogP contribution is 2.28. The van der Waals surface area contributed by atoms with Crippen LogP contribution in [0.2, 0.25) is 10.0 Å². The maximum Gasteiger partial charge on any atom is 0.143 e. The van der Waals surface area contributed by atoms with Crippen molar-refractivity contribution >= 4 is 23.2 Å². The highest BCUT2D eigenvalue weighted by molar-refractivity contribution is 6.33. The second-order valence-corrected chi connectivity index (χ2v) is 5.07. The molecule has 0 N–H and O–H groups in total. The Morgan fingerprint density at radius 2 is 1.80 bits per heavy atom. The maximum atomic E-state index is 13.5. The Morgan fingerprint density at radius 1 is 1.00 bits per heavy atom. The van der Waals surface area contributed by atoms with E-state index >= 15 is 0 Å². The normalized spacial score (nSPS) is 10.8. The summed E-state index contributed by atoms with van der Waals surface area (Å²) in [7, 11) is 0. The van der Waals surface area contributed by atoms with E-state index in [0.29, 0.717) is 10.7 Å². The zero-order valence-electron chi connectivity index (χ0n) is 10.2. The molecule has 0 aliphatic carbocycles. The monoisotopic (exact) mass is 306 g/mol. The van der Waals surface area contributed by atoms with E-state index in [9.17, 15) is 4.39 Å². The third-order valence-electron chi connectivity index (χ3n) is 2.94. The summed E-state index contributed by atoms with van der Waals surface area (Å²) >= 11 is 11.8. The van der Waals surface area contributed by atoms with Crippen LogP contribution in [-0.2, 0) is 0 Å². The van der Waals surface area contributed by atoms with Gasteiger partial charge in [-0.15, -0.1) is 0 Å². The smallest absolute Gasteiger partial charge is 0.143 e. The second-order valence-electron chi connectivity index (χ2n) is 4.25. The summed E-state index contributed by atoms with van der Waals surface area (Å²) in [4.78, 5) is 0. The molecule has 100 valence electrons. The molecule has 0 atom stereocenters. The first-order chi connectivity index (χ1) is 9.65. The number of benzene rings is 2. The van der Waals surface area contributed by atoms with Crippen LogP contribution in [0.3, 0.4) is 0 Å². The van der Waals surface area contributed by atoms with Gasteiger partial charge in [-0.3, -0.25) is 0 Å². The van der Waals surface area contributed by atoms with Crippen LogP contribution in [0, 0.1) is 5.82 Å². The van der Waals surface area contributed by atoms with E-state index in [1.807, 2.05) is 24.3 Å². The summed E-state index contributed by atoms with van der Waals surface area (Å²) in [6.45, 7) is 0. The molecule has 3 aromatic rings. The second kappa shape index (κ2) is 5.27. The van der Waals surface area contributed by atoms with Gasteiger partial charge in [0.2, 0.25) is 0 Å². The summed E-state index contributed by atoms with van der Waals surface area (Å²) < 4.78 is 15.0. The lowest BCUT2D eigenvalue weighted by molar-refractivity contribution is 0.626. The Labute approximate surface area is 125 Å². The zero-order valence-corrected chi connectivity index (χ0v) is 11.7. The summed E-state index contributed by atoms with van der Waals surface area (Å²) in [5, 5.41) is 4.96. The predicted octanol–water partition coefficient (Wildman–Crippen LogP) is 4.99. The minimum Gasteiger partial charge on any atom is -0.240 e. The standard InChI is InChI=1S/C15H9Cl2FN2/c16-13-4-2-1-3-12(13)10-8-19-20(9-10)11-5-6-14(17)15(18)7-11/h1-9H. The largest absolute Gasteiger partial charge is 0.240 e. The molecule has 2 nitrogen and oxygen atoms in total. The van der Waals surface area contributed by atoms with E-state index in [-0.39, 0.29) is 5.02 Å². The number of hydrogen-bond donors (Lipinski definition) is 0. The van der Waals surface area contributed by atoms with Crippen LogP contribution in [0.1, 0.15) is 0 Å². The van der Waals surface area contributed by atoms with Gasteiger partial charge in [-0.05, 0) is 18.2 Å². The fraction of sp³-hybridized carbons (Fsp3) is 0. The highest BCUT2D eigenvalue weighted by Gasteiger charge is 2.08. The predicted molar refractivity (Wildman–Crippen MR) is 79.0 cm³/mol. The molecule has 0 aliphatic rings. The van der Waals surface area contributed by atoms with Crippen molar-refractivity contribution in [1.82, 2.24) is 9.78 Å². The Hall–Kier alpha value is -1.84. The van der Waals surface area contributed by atoms with Crippen LogP contribution >= 0.6 is 23.2 Å². The van der Waals surface area contributed by atoms with Crippen LogP contribution in [0.4, 0.5) is 4.39 Å². The topological polar surface area (TPSA) is 17.8 Å². The number of rotatable bonds is 2. The minimum atomic E-state index is -0.473. The molecule has 0 unspecified atom stereocenters. The van der Waals surface area contributed by atoms with E-state index in [4.69, 9.17) is 23.2 Å². The molecule has 0 radical (unpaired) electrons. The molecule has 2 aromatic carbocycles. The van der Waals surface area contributed by atoms with Crippen molar-refractivity contribution < 1.29 is 4.39 Å². The Bertz CT molecular complexity index is 768. The van der Waals surface area contributed by atoms with Gasteiger partial charge in [0.1, 0.15) is 5.82 Å². The Morgan fingerprint density at radius 3 is 2.55 bits per heavy atom. The molecule has 0 saturated heterocycles. The third-order valence-corrected chi connectivity index (χ3v) is 3.57. The van der Waals surface area contributed by atoms with E-state index in [2.05, 4.69) is 5.10 Å². The zero-order chi connectivity index (χ0) is 14.1. The first-order valence-electron chi connectivity index (χ1n) is 5.90. The molecule has 1 aromatic heterocycles. The number of aromatic nitrogens is 2. The van der Waals surface area contributed by atoms with Crippen molar-refractivity contribution in [1.29, 1.82) is 0 Å². The average molecular weight is 307 g/mol. The van der Waals surface area contributed by atoms with Gasteiger partial charge in [0.05, 0.1) is 16.9 Å². The van der Waals surface area contributed by atoms with Gasteiger partial charge < -0.3 is 0 Å². The van der Waals surface area contributed by atoms with Crippen LogP contribution in [0.25, 0.3) is 16.8 Å². The van der Waals surface area contributed by atoms with Gasteiger partial charge >= 0.3 is 0 Å². The molecule has 1 heterocycles. The van der Waals surface area contributed by atoms with Crippen molar-refractivity contribution in [2.24, 2.45) is 0 Å². The van der Waals surface area contributed by atoms with E-state index < -0.39 is 5.82 Å². The highest BCUT2D eigenvalue weighted by atomic mass is 35.5. The van der Waals surface area contributed by atoms with Crippen LogP contribution < -0.4 is 0 Å². The van der Waals surface area contributed by atoms with Gasteiger partial charge in [-0.25, -0.2) is 9.07 Å². The van der Waals surface area contributed by atoms with Crippen LogP contribution in [0.5, 0.6) is 0 Å². The maximum absolute atomic E-state index is 13.5. The minimum absolute atomic E-state index is 0.0900. The van der Waals surface area contributed by atoms with Crippen molar-refractivity contribution in [3.05, 3.63) is 70.7 Å². The van der Waals surface area contributed by atoms with Gasteiger partial charge in [-0.1, -0.05) is 41.4 Å². The number of halogens is 3. The van der Waals surface area contributed by atoms with E-state index in [0.717, 1.165) is 11.1 Å². The molecule has 0 spiro atoms. The van der Waals surface area contributed by atoms with Gasteiger partial charge in [-0.2, -0.15) is 5.10 Å². The van der Waals surface area contributed by atoms with Crippen molar-refractivity contribution in [3.63, 3.8) is 0 Å². The average Bonchev–Trinajstić information content (AvgIpc) is 2.92. The summed E-state index contributed by atoms with van der Waals surface area (Å²) in [6.07, 6.45) is 3.48. The fourth-order valence-electron chi connectivity index (χ4n) is 1.93. The van der Waals surface area contributed by atoms with E-state index in [1.54, 1.807) is 23.1 Å². The molecular weight excluding hydrogens is 298 g/mol. The van der Waals surface area contributed by atoms with Gasteiger partial charge in [0.15, 0.2) is 0 Å². The molecule has 0 saturated carbocycles. The molecule has 0 fully saturated rings. The molecule has 5 heteroatoms. The Balaban J connectivity index is 2.02. The molecule has 0 aliphatic heterocycles. The molecule has 20 heavy (non-hydrogen) atoms. The van der Waals surface area contributed by atoms with Gasteiger partial charge in [0.25, 0.3) is 0 Å². The summed E-state index contributed by atoms with van der Waals surface area (Å²) in [5.41, 5.74) is 2.35. The van der Waals surface area contributed by atoms with Crippen molar-refractivity contribution in [2.45, 2.75) is 0 Å². The lowest BCUT2D eigenvalue weighted by atomic mass is 10.1. The molecular formula is C15H9Cl2FN2. The van der Waals surface area contributed by atoms with Crippen molar-refractivity contribution in [2.75, 3.05) is 0 Å². The SMILES string of the molecule is Fc1cc(-n2cc(-c3ccccc3Cl)cn2)ccc1Cl. The first kappa shape index (κ1) is 13.2. The van der Waals surface area contributed by atoms with Gasteiger partial charge in [0, 0.05) is 28.4 Å². The third kappa shape index (κ3) is 2.42. The Kier molecular flexibility index (Phi) is 3.47. The van der Waals surface area contributed by atoms with E-state index in [1.165, 1.54) is 12.1 Å². The van der Waals surface area contributed by atoms with Crippen LogP contribution in [-0.4, -0.2) is 9.78 Å². The lowest BCUT2D eigenvalue weighted by Crippen LogP contribution is -1.94.